The quantitative estimate of drug-likeness (QED) is 0.649. The number of rotatable bonds is 6. The van der Waals surface area contributed by atoms with Gasteiger partial charge >= 0.3 is 0 Å². The second-order valence-electron chi connectivity index (χ2n) is 5.15. The SMILES string of the molecule is COc1cc2nnn(-c3cc(F)c(CNS(=O)[O-])cc3F)c2cc1OC. The van der Waals surface area contributed by atoms with Gasteiger partial charge in [0.15, 0.2) is 11.5 Å². The number of benzene rings is 2. The van der Waals surface area contributed by atoms with E-state index in [9.17, 15) is 17.5 Å². The van der Waals surface area contributed by atoms with Crippen LogP contribution in [0.2, 0.25) is 0 Å². The van der Waals surface area contributed by atoms with Gasteiger partial charge in [-0.3, -0.25) is 4.21 Å². The molecular weight excluding hydrogens is 370 g/mol. The molecule has 0 saturated heterocycles. The Morgan fingerprint density at radius 3 is 2.50 bits per heavy atom. The zero-order chi connectivity index (χ0) is 18.8. The van der Waals surface area contributed by atoms with Gasteiger partial charge in [-0.2, -0.15) is 0 Å². The predicted molar refractivity (Wildman–Crippen MR) is 87.6 cm³/mol. The molecule has 0 aliphatic carbocycles. The van der Waals surface area contributed by atoms with Crippen LogP contribution in [0.5, 0.6) is 11.5 Å². The summed E-state index contributed by atoms with van der Waals surface area (Å²) in [6.07, 6.45) is 0. The van der Waals surface area contributed by atoms with Crippen LogP contribution < -0.4 is 14.2 Å². The van der Waals surface area contributed by atoms with E-state index in [4.69, 9.17) is 9.47 Å². The highest BCUT2D eigenvalue weighted by atomic mass is 32.2. The molecule has 11 heteroatoms. The highest BCUT2D eigenvalue weighted by Gasteiger charge is 2.17. The molecule has 138 valence electrons. The normalized spacial score (nSPS) is 12.3. The third-order valence-corrected chi connectivity index (χ3v) is 4.06. The second kappa shape index (κ2) is 7.32. The summed E-state index contributed by atoms with van der Waals surface area (Å²) < 4.78 is 63.2. The van der Waals surface area contributed by atoms with Crippen LogP contribution in [0.15, 0.2) is 24.3 Å². The molecule has 0 amide bonds. The van der Waals surface area contributed by atoms with Crippen LogP contribution in [0.1, 0.15) is 5.56 Å². The molecule has 1 aromatic heterocycles. The Kier molecular flexibility index (Phi) is 5.11. The summed E-state index contributed by atoms with van der Waals surface area (Å²) in [4.78, 5) is 0. The first kappa shape index (κ1) is 18.2. The fourth-order valence-corrected chi connectivity index (χ4v) is 2.71. The smallest absolute Gasteiger partial charge is 0.163 e. The Hall–Kier alpha value is -2.63. The summed E-state index contributed by atoms with van der Waals surface area (Å²) in [5.41, 5.74) is 0.464. The summed E-state index contributed by atoms with van der Waals surface area (Å²) in [6, 6.07) is 4.93. The summed E-state index contributed by atoms with van der Waals surface area (Å²) in [5.74, 6) is -0.779. The molecule has 3 rings (SSSR count). The van der Waals surface area contributed by atoms with Gasteiger partial charge < -0.3 is 14.0 Å². The minimum absolute atomic E-state index is 0.140. The van der Waals surface area contributed by atoms with Crippen molar-refractivity contribution >= 4 is 22.3 Å². The summed E-state index contributed by atoms with van der Waals surface area (Å²) >= 11 is -2.58. The van der Waals surface area contributed by atoms with E-state index < -0.39 is 22.9 Å². The summed E-state index contributed by atoms with van der Waals surface area (Å²) in [6.45, 7) is -0.373. The predicted octanol–water partition coefficient (Wildman–Crippen LogP) is 1.60. The number of nitrogens with one attached hydrogen (secondary N) is 1. The molecular formula is C15H13F2N4O4S-. The minimum Gasteiger partial charge on any atom is -0.760 e. The van der Waals surface area contributed by atoms with Crippen LogP contribution in [0.3, 0.4) is 0 Å². The van der Waals surface area contributed by atoms with Crippen molar-refractivity contribution in [2.45, 2.75) is 6.54 Å². The molecule has 0 aliphatic heterocycles. The first-order chi connectivity index (χ1) is 12.4. The van der Waals surface area contributed by atoms with Gasteiger partial charge in [0, 0.05) is 41.6 Å². The van der Waals surface area contributed by atoms with Gasteiger partial charge in [0.2, 0.25) is 0 Å². The van der Waals surface area contributed by atoms with Crippen molar-refractivity contribution in [3.63, 3.8) is 0 Å². The third-order valence-electron chi connectivity index (χ3n) is 3.68. The molecule has 1 N–H and O–H groups in total. The van der Waals surface area contributed by atoms with Crippen LogP contribution in [0.25, 0.3) is 16.7 Å². The number of ether oxygens (including phenoxy) is 2. The lowest BCUT2D eigenvalue weighted by Gasteiger charge is -2.11. The Balaban J connectivity index is 2.09. The lowest BCUT2D eigenvalue weighted by molar-refractivity contribution is 0.355. The van der Waals surface area contributed by atoms with Crippen molar-refractivity contribution < 1.29 is 27.0 Å². The van der Waals surface area contributed by atoms with E-state index in [0.29, 0.717) is 22.5 Å². The number of hydrogen-bond acceptors (Lipinski definition) is 6. The topological polar surface area (TPSA) is 101 Å². The van der Waals surface area contributed by atoms with Crippen LogP contribution in [-0.4, -0.2) is 38.0 Å². The van der Waals surface area contributed by atoms with E-state index in [2.05, 4.69) is 10.3 Å². The van der Waals surface area contributed by atoms with Crippen LogP contribution in [0, 0.1) is 11.6 Å². The van der Waals surface area contributed by atoms with Gasteiger partial charge in [0.25, 0.3) is 0 Å². The van der Waals surface area contributed by atoms with Gasteiger partial charge in [-0.05, 0) is 6.07 Å². The molecule has 0 fully saturated rings. The fraction of sp³-hybridized carbons (Fsp3) is 0.200. The average Bonchev–Trinajstić information content (AvgIpc) is 3.03. The molecule has 1 heterocycles. The number of halogens is 2. The fourth-order valence-electron chi connectivity index (χ4n) is 2.44. The van der Waals surface area contributed by atoms with Gasteiger partial charge in [0.05, 0.1) is 19.7 Å². The van der Waals surface area contributed by atoms with Gasteiger partial charge in [-0.25, -0.2) is 18.2 Å². The van der Waals surface area contributed by atoms with Crippen molar-refractivity contribution in [3.8, 4) is 17.2 Å². The number of hydrogen-bond donors (Lipinski definition) is 1. The third kappa shape index (κ3) is 3.36. The average molecular weight is 383 g/mol. The number of aromatic nitrogens is 3. The maximum atomic E-state index is 14.5. The molecule has 8 nitrogen and oxygen atoms in total. The van der Waals surface area contributed by atoms with E-state index in [1.54, 1.807) is 12.1 Å². The molecule has 1 unspecified atom stereocenters. The number of nitrogens with zero attached hydrogens (tertiary/aromatic N) is 3. The Bertz CT molecular complexity index is 995. The van der Waals surface area contributed by atoms with E-state index in [1.165, 1.54) is 14.2 Å². The highest BCUT2D eigenvalue weighted by Crippen LogP contribution is 2.32. The molecule has 2 aromatic carbocycles. The Labute approximate surface area is 149 Å². The standard InChI is InChI=1S/C15H14F2N4O4S/c1-24-14-5-11-13(6-15(14)25-2)21(20-19-11)12-4-9(16)8(3-10(12)17)7-18-26(22)23/h3-6,18H,7H2,1-2H3,(H,22,23)/p-1. The summed E-state index contributed by atoms with van der Waals surface area (Å²) in [7, 11) is 2.91. The van der Waals surface area contributed by atoms with Crippen LogP contribution >= 0.6 is 0 Å². The number of fused-ring (bicyclic) bond motifs is 1. The van der Waals surface area contributed by atoms with Gasteiger partial charge in [-0.15, -0.1) is 5.10 Å². The maximum absolute atomic E-state index is 14.5. The van der Waals surface area contributed by atoms with E-state index in [1.807, 2.05) is 4.72 Å². The zero-order valence-electron chi connectivity index (χ0n) is 13.7. The van der Waals surface area contributed by atoms with E-state index in [-0.39, 0.29) is 17.8 Å². The van der Waals surface area contributed by atoms with E-state index in [0.717, 1.165) is 16.8 Å². The molecule has 0 radical (unpaired) electrons. The molecule has 1 atom stereocenters. The number of methoxy groups -OCH3 is 2. The molecule has 26 heavy (non-hydrogen) atoms. The van der Waals surface area contributed by atoms with Gasteiger partial charge in [0.1, 0.15) is 22.8 Å². The van der Waals surface area contributed by atoms with Crippen LogP contribution in [-0.2, 0) is 17.8 Å². The van der Waals surface area contributed by atoms with E-state index >= 15 is 0 Å². The second-order valence-corrected chi connectivity index (χ2v) is 5.91. The van der Waals surface area contributed by atoms with Crippen LogP contribution in [0.4, 0.5) is 8.78 Å². The largest absolute Gasteiger partial charge is 0.760 e. The maximum Gasteiger partial charge on any atom is 0.163 e. The molecule has 0 saturated carbocycles. The van der Waals surface area contributed by atoms with Crippen molar-refractivity contribution in [2.24, 2.45) is 0 Å². The summed E-state index contributed by atoms with van der Waals surface area (Å²) in [5, 5.41) is 7.78. The molecule has 0 aliphatic rings. The Morgan fingerprint density at radius 2 is 1.85 bits per heavy atom. The van der Waals surface area contributed by atoms with Gasteiger partial charge in [-0.1, -0.05) is 5.21 Å². The molecule has 3 aromatic rings. The zero-order valence-corrected chi connectivity index (χ0v) is 14.5. The van der Waals surface area contributed by atoms with Crippen molar-refractivity contribution in [1.82, 2.24) is 19.7 Å². The lowest BCUT2D eigenvalue weighted by Crippen LogP contribution is -2.17. The van der Waals surface area contributed by atoms with Crippen molar-refractivity contribution in [1.29, 1.82) is 0 Å². The lowest BCUT2D eigenvalue weighted by atomic mass is 10.1. The van der Waals surface area contributed by atoms with Crippen molar-refractivity contribution in [3.05, 3.63) is 41.5 Å². The minimum atomic E-state index is -2.58. The monoisotopic (exact) mass is 383 g/mol. The Morgan fingerprint density at radius 1 is 1.15 bits per heavy atom. The first-order valence-electron chi connectivity index (χ1n) is 7.23. The molecule has 0 bridgehead atoms. The highest BCUT2D eigenvalue weighted by molar-refractivity contribution is 7.77. The molecule has 0 spiro atoms. The van der Waals surface area contributed by atoms with Crippen molar-refractivity contribution in [2.75, 3.05) is 14.2 Å². The first-order valence-corrected chi connectivity index (χ1v) is 8.30.